The molecule has 0 atom stereocenters. The summed E-state index contributed by atoms with van der Waals surface area (Å²) in [6.45, 7) is 0. The highest BCUT2D eigenvalue weighted by atomic mass is 35.5. The lowest BCUT2D eigenvalue weighted by atomic mass is 10.8. The molecule has 0 amide bonds. The summed E-state index contributed by atoms with van der Waals surface area (Å²) in [4.78, 5) is 11.6. The molecule has 0 fully saturated rings. The van der Waals surface area contributed by atoms with Crippen LogP contribution in [0.1, 0.15) is 0 Å². The Morgan fingerprint density at radius 3 is 2.14 bits per heavy atom. The van der Waals surface area contributed by atoms with Crippen LogP contribution in [0.3, 0.4) is 0 Å². The Hall–Kier alpha value is 0.01000. The van der Waals surface area contributed by atoms with Gasteiger partial charge in [0.2, 0.25) is 4.84 Å². The van der Waals surface area contributed by atoms with Gasteiger partial charge in [-0.15, -0.1) is 0 Å². The van der Waals surface area contributed by atoms with Crippen molar-refractivity contribution in [3.8, 4) is 0 Å². The predicted molar refractivity (Wildman–Crippen MR) is 24.2 cm³/mol. The molecular formula is C2H2Cl2O3. The van der Waals surface area contributed by atoms with E-state index in [-0.39, 0.29) is 0 Å². The van der Waals surface area contributed by atoms with E-state index in [0.717, 1.165) is 0 Å². The van der Waals surface area contributed by atoms with E-state index in [1.807, 2.05) is 0 Å². The Bertz CT molecular complexity index is 71.3. The molecule has 0 bridgehead atoms. The zero-order valence-electron chi connectivity index (χ0n) is 3.10. The van der Waals surface area contributed by atoms with Gasteiger partial charge >= 0.3 is 5.97 Å². The van der Waals surface area contributed by atoms with E-state index in [1.165, 1.54) is 0 Å². The molecule has 0 saturated heterocycles. The molecule has 5 heteroatoms. The first-order chi connectivity index (χ1) is 3.18. The molecule has 0 unspecified atom stereocenters. The minimum Gasteiger partial charge on any atom is -0.298 e. The summed E-state index contributed by atoms with van der Waals surface area (Å²) >= 11 is 9.72. The van der Waals surface area contributed by atoms with Gasteiger partial charge in [-0.05, 0) is 0 Å². The largest absolute Gasteiger partial charge is 0.374 e. The Balaban J connectivity index is 3.35. The molecule has 0 heterocycles. The maximum Gasteiger partial charge on any atom is 0.374 e. The van der Waals surface area contributed by atoms with Crippen LogP contribution < -0.4 is 0 Å². The van der Waals surface area contributed by atoms with Crippen molar-refractivity contribution in [1.29, 1.82) is 0 Å². The fraction of sp³-hybridized carbons (Fsp3) is 0.500. The highest BCUT2D eigenvalue weighted by molar-refractivity contribution is 6.52. The highest BCUT2D eigenvalue weighted by Crippen LogP contribution is 2.01. The number of carbonyl (C=O) groups is 1. The van der Waals surface area contributed by atoms with E-state index >= 15 is 0 Å². The Kier molecular flexibility index (Phi) is 3.07. The van der Waals surface area contributed by atoms with Gasteiger partial charge in [-0.2, -0.15) is 5.26 Å². The third-order valence-corrected chi connectivity index (χ3v) is 0.624. The summed E-state index contributed by atoms with van der Waals surface area (Å²) in [5, 5.41) is 7.49. The van der Waals surface area contributed by atoms with Gasteiger partial charge in [-0.3, -0.25) is 4.89 Å². The van der Waals surface area contributed by atoms with Gasteiger partial charge in [-0.25, -0.2) is 4.79 Å². The van der Waals surface area contributed by atoms with Crippen LogP contribution in [0.4, 0.5) is 0 Å². The second kappa shape index (κ2) is 3.07. The number of carbonyl (C=O) groups excluding carboxylic acids is 1. The summed E-state index contributed by atoms with van der Waals surface area (Å²) in [5.41, 5.74) is 0. The molecule has 42 valence electrons. The molecule has 0 rings (SSSR count). The molecule has 3 nitrogen and oxygen atoms in total. The first-order valence-corrected chi connectivity index (χ1v) is 2.19. The van der Waals surface area contributed by atoms with Gasteiger partial charge in [0.15, 0.2) is 0 Å². The van der Waals surface area contributed by atoms with E-state index in [9.17, 15) is 4.79 Å². The summed E-state index contributed by atoms with van der Waals surface area (Å²) < 4.78 is 0. The summed E-state index contributed by atoms with van der Waals surface area (Å²) in [6, 6.07) is 0. The van der Waals surface area contributed by atoms with Crippen LogP contribution in [0, 0.1) is 0 Å². The van der Waals surface area contributed by atoms with Crippen molar-refractivity contribution in [2.24, 2.45) is 0 Å². The number of rotatable bonds is 1. The average Bonchev–Trinajstić information content (AvgIpc) is 1.65. The molecule has 1 N–H and O–H groups in total. The minimum absolute atomic E-state index is 1.07. The van der Waals surface area contributed by atoms with Crippen molar-refractivity contribution in [3.63, 3.8) is 0 Å². The second-order valence-corrected chi connectivity index (χ2v) is 1.81. The van der Waals surface area contributed by atoms with E-state index in [4.69, 9.17) is 28.5 Å². The van der Waals surface area contributed by atoms with Crippen LogP contribution in [0.25, 0.3) is 0 Å². The minimum atomic E-state index is -1.30. The standard InChI is InChI=1S/C2H2Cl2O3/c3-1(4)2(5)7-6/h1,6H. The lowest BCUT2D eigenvalue weighted by Gasteiger charge is -1.90. The number of hydrogen-bond donors (Lipinski definition) is 1. The van der Waals surface area contributed by atoms with Crippen LogP contribution in [-0.4, -0.2) is 16.1 Å². The molecule has 0 saturated carbocycles. The lowest BCUT2D eigenvalue weighted by Crippen LogP contribution is -2.08. The first kappa shape index (κ1) is 7.01. The van der Waals surface area contributed by atoms with Crippen LogP contribution in [0.15, 0.2) is 0 Å². The third-order valence-electron chi connectivity index (χ3n) is 0.268. The van der Waals surface area contributed by atoms with E-state index in [0.29, 0.717) is 0 Å². The van der Waals surface area contributed by atoms with Gasteiger partial charge < -0.3 is 0 Å². The van der Waals surface area contributed by atoms with Crippen LogP contribution in [0.5, 0.6) is 0 Å². The third kappa shape index (κ3) is 2.68. The monoisotopic (exact) mass is 144 g/mol. The maximum atomic E-state index is 9.78. The quantitative estimate of drug-likeness (QED) is 0.337. The van der Waals surface area contributed by atoms with Gasteiger partial charge in [0.25, 0.3) is 0 Å². The predicted octanol–water partition coefficient (Wildman–Crippen LogP) is 0.806. The zero-order chi connectivity index (χ0) is 5.86. The number of halogens is 2. The molecule has 0 radical (unpaired) electrons. The smallest absolute Gasteiger partial charge is 0.298 e. The summed E-state index contributed by atoms with van der Waals surface area (Å²) in [5.74, 6) is -1.07. The Morgan fingerprint density at radius 2 is 2.14 bits per heavy atom. The summed E-state index contributed by atoms with van der Waals surface area (Å²) in [7, 11) is 0. The van der Waals surface area contributed by atoms with Gasteiger partial charge in [-0.1, -0.05) is 23.2 Å². The molecule has 7 heavy (non-hydrogen) atoms. The van der Waals surface area contributed by atoms with E-state index in [2.05, 4.69) is 4.89 Å². The van der Waals surface area contributed by atoms with Crippen molar-refractivity contribution >= 4 is 29.2 Å². The van der Waals surface area contributed by atoms with Crippen LogP contribution in [-0.2, 0) is 9.68 Å². The van der Waals surface area contributed by atoms with Crippen LogP contribution in [0.2, 0.25) is 0 Å². The normalized spacial score (nSPS) is 9.14. The van der Waals surface area contributed by atoms with Gasteiger partial charge in [0.05, 0.1) is 0 Å². The molecule has 0 spiro atoms. The highest BCUT2D eigenvalue weighted by Gasteiger charge is 2.11. The number of hydrogen-bond acceptors (Lipinski definition) is 3. The van der Waals surface area contributed by atoms with E-state index < -0.39 is 10.8 Å². The Morgan fingerprint density at radius 1 is 1.71 bits per heavy atom. The molecule has 0 aliphatic carbocycles. The zero-order valence-corrected chi connectivity index (χ0v) is 4.61. The van der Waals surface area contributed by atoms with Gasteiger partial charge in [0.1, 0.15) is 0 Å². The lowest BCUT2D eigenvalue weighted by molar-refractivity contribution is -0.232. The fourth-order valence-electron chi connectivity index (χ4n) is 0.0398. The van der Waals surface area contributed by atoms with E-state index in [1.54, 1.807) is 0 Å². The van der Waals surface area contributed by atoms with Crippen molar-refractivity contribution in [2.45, 2.75) is 4.84 Å². The molecule has 0 aliphatic rings. The topological polar surface area (TPSA) is 46.5 Å². The first-order valence-electron chi connectivity index (χ1n) is 1.32. The average molecular weight is 145 g/mol. The SMILES string of the molecule is O=C(OO)C(Cl)Cl. The van der Waals surface area contributed by atoms with Crippen molar-refractivity contribution < 1.29 is 14.9 Å². The van der Waals surface area contributed by atoms with Crippen molar-refractivity contribution in [3.05, 3.63) is 0 Å². The fourth-order valence-corrected chi connectivity index (χ4v) is 0.120. The molecule has 0 aromatic carbocycles. The van der Waals surface area contributed by atoms with Crippen molar-refractivity contribution in [2.75, 3.05) is 0 Å². The van der Waals surface area contributed by atoms with Crippen molar-refractivity contribution in [1.82, 2.24) is 0 Å². The molecule has 0 aromatic heterocycles. The number of alkyl halides is 2. The molecule has 0 aliphatic heterocycles. The second-order valence-electron chi connectivity index (χ2n) is 0.711. The molecule has 0 aromatic rings. The van der Waals surface area contributed by atoms with Crippen LogP contribution >= 0.6 is 23.2 Å². The molecular weight excluding hydrogens is 143 g/mol. The summed E-state index contributed by atoms with van der Waals surface area (Å²) in [6.07, 6.45) is 0. The Labute approximate surface area is 49.7 Å². The van der Waals surface area contributed by atoms with Gasteiger partial charge in [0, 0.05) is 0 Å². The maximum absolute atomic E-state index is 9.78.